The number of halogens is 3. The first kappa shape index (κ1) is 13.2. The van der Waals surface area contributed by atoms with Crippen molar-refractivity contribution < 1.29 is 23.1 Å². The number of carbonyl (C=O) groups is 1. The van der Waals surface area contributed by atoms with Gasteiger partial charge in [-0.2, -0.15) is 13.2 Å². The first-order chi connectivity index (χ1) is 7.29. The van der Waals surface area contributed by atoms with E-state index in [1.807, 2.05) is 0 Å². The molecule has 1 rings (SSSR count). The molecular formula is C9H15F3N2O2. The molecule has 7 heteroatoms. The SMILES string of the molecule is CC(O)C(=O)N1CCN(CC(F)(F)F)CC1. The van der Waals surface area contributed by atoms with Crippen molar-refractivity contribution in [3.05, 3.63) is 0 Å². The van der Waals surface area contributed by atoms with Crippen molar-refractivity contribution in [3.63, 3.8) is 0 Å². The number of rotatable bonds is 2. The second kappa shape index (κ2) is 5.01. The van der Waals surface area contributed by atoms with Gasteiger partial charge in [-0.15, -0.1) is 0 Å². The highest BCUT2D eigenvalue weighted by atomic mass is 19.4. The minimum atomic E-state index is -4.20. The van der Waals surface area contributed by atoms with Crippen LogP contribution in [0.4, 0.5) is 13.2 Å². The second-order valence-electron chi connectivity index (χ2n) is 3.89. The van der Waals surface area contributed by atoms with E-state index >= 15 is 0 Å². The van der Waals surface area contributed by atoms with Crippen molar-refractivity contribution in [3.8, 4) is 0 Å². The highest BCUT2D eigenvalue weighted by molar-refractivity contribution is 5.80. The van der Waals surface area contributed by atoms with Gasteiger partial charge in [0.2, 0.25) is 0 Å². The molecule has 1 aliphatic heterocycles. The molecule has 1 unspecified atom stereocenters. The van der Waals surface area contributed by atoms with E-state index < -0.39 is 24.7 Å². The average molecular weight is 240 g/mol. The second-order valence-corrected chi connectivity index (χ2v) is 3.89. The summed E-state index contributed by atoms with van der Waals surface area (Å²) in [6.45, 7) is 1.27. The molecule has 0 saturated carbocycles. The van der Waals surface area contributed by atoms with Gasteiger partial charge in [-0.3, -0.25) is 9.69 Å². The smallest absolute Gasteiger partial charge is 0.384 e. The Bertz CT molecular complexity index is 248. The van der Waals surface area contributed by atoms with E-state index in [0.717, 1.165) is 0 Å². The van der Waals surface area contributed by atoms with Gasteiger partial charge in [-0.1, -0.05) is 0 Å². The summed E-state index contributed by atoms with van der Waals surface area (Å²) in [6.07, 6.45) is -5.29. The number of hydrogen-bond donors (Lipinski definition) is 1. The lowest BCUT2D eigenvalue weighted by Crippen LogP contribution is -2.52. The molecule has 1 atom stereocenters. The van der Waals surface area contributed by atoms with Crippen LogP contribution in [-0.4, -0.2) is 65.8 Å². The van der Waals surface area contributed by atoms with E-state index in [-0.39, 0.29) is 26.2 Å². The van der Waals surface area contributed by atoms with E-state index in [1.54, 1.807) is 0 Å². The van der Waals surface area contributed by atoms with E-state index in [0.29, 0.717) is 0 Å². The molecular weight excluding hydrogens is 225 g/mol. The lowest BCUT2D eigenvalue weighted by Gasteiger charge is -2.35. The number of aliphatic hydroxyl groups is 1. The molecule has 0 aromatic rings. The molecule has 0 aromatic carbocycles. The summed E-state index contributed by atoms with van der Waals surface area (Å²) in [7, 11) is 0. The predicted molar refractivity (Wildman–Crippen MR) is 50.8 cm³/mol. The summed E-state index contributed by atoms with van der Waals surface area (Å²) >= 11 is 0. The van der Waals surface area contributed by atoms with Crippen LogP contribution in [0.5, 0.6) is 0 Å². The maximum atomic E-state index is 12.1. The van der Waals surface area contributed by atoms with Gasteiger partial charge < -0.3 is 10.0 Å². The maximum absolute atomic E-state index is 12.1. The zero-order valence-corrected chi connectivity index (χ0v) is 9.00. The van der Waals surface area contributed by atoms with Crippen molar-refractivity contribution in [2.75, 3.05) is 32.7 Å². The van der Waals surface area contributed by atoms with Crippen molar-refractivity contribution in [2.24, 2.45) is 0 Å². The highest BCUT2D eigenvalue weighted by Crippen LogP contribution is 2.17. The van der Waals surface area contributed by atoms with Gasteiger partial charge in [0.15, 0.2) is 0 Å². The van der Waals surface area contributed by atoms with Crippen LogP contribution < -0.4 is 0 Å². The van der Waals surface area contributed by atoms with E-state index in [9.17, 15) is 18.0 Å². The molecule has 0 spiro atoms. The lowest BCUT2D eigenvalue weighted by atomic mass is 10.2. The Balaban J connectivity index is 2.37. The van der Waals surface area contributed by atoms with Crippen LogP contribution in [0.3, 0.4) is 0 Å². The standard InChI is InChI=1S/C9H15F3N2O2/c1-7(15)8(16)14-4-2-13(3-5-14)6-9(10,11)12/h7,15H,2-6H2,1H3. The van der Waals surface area contributed by atoms with E-state index in [4.69, 9.17) is 5.11 Å². The van der Waals surface area contributed by atoms with Crippen molar-refractivity contribution in [1.29, 1.82) is 0 Å². The van der Waals surface area contributed by atoms with Gasteiger partial charge in [0, 0.05) is 26.2 Å². The summed E-state index contributed by atoms with van der Waals surface area (Å²) in [5.74, 6) is -0.424. The van der Waals surface area contributed by atoms with Gasteiger partial charge in [0.25, 0.3) is 5.91 Å². The third-order valence-corrected chi connectivity index (χ3v) is 2.44. The Morgan fingerprint density at radius 1 is 1.31 bits per heavy atom. The quantitative estimate of drug-likeness (QED) is 0.743. The molecule has 1 heterocycles. The molecule has 0 bridgehead atoms. The Morgan fingerprint density at radius 3 is 2.19 bits per heavy atom. The monoisotopic (exact) mass is 240 g/mol. The molecule has 1 aliphatic rings. The van der Waals surface area contributed by atoms with Crippen LogP contribution in [0.15, 0.2) is 0 Å². The van der Waals surface area contributed by atoms with Crippen LogP contribution in [0, 0.1) is 0 Å². The van der Waals surface area contributed by atoms with Crippen LogP contribution in [0.1, 0.15) is 6.92 Å². The topological polar surface area (TPSA) is 43.8 Å². The van der Waals surface area contributed by atoms with Crippen LogP contribution in [0.25, 0.3) is 0 Å². The Kier molecular flexibility index (Phi) is 4.15. The predicted octanol–water partition coefficient (Wildman–Crippen LogP) is 0.0737. The van der Waals surface area contributed by atoms with Crippen LogP contribution in [-0.2, 0) is 4.79 Å². The lowest BCUT2D eigenvalue weighted by molar-refractivity contribution is -0.153. The Hall–Kier alpha value is -0.820. The van der Waals surface area contributed by atoms with Crippen molar-refractivity contribution in [2.45, 2.75) is 19.2 Å². The zero-order valence-electron chi connectivity index (χ0n) is 9.00. The normalized spacial score (nSPS) is 20.9. The van der Waals surface area contributed by atoms with Gasteiger partial charge in [-0.25, -0.2) is 0 Å². The zero-order chi connectivity index (χ0) is 12.3. The molecule has 0 aromatic heterocycles. The van der Waals surface area contributed by atoms with Crippen molar-refractivity contribution >= 4 is 5.91 Å². The molecule has 16 heavy (non-hydrogen) atoms. The molecule has 1 fully saturated rings. The van der Waals surface area contributed by atoms with Gasteiger partial charge in [-0.05, 0) is 6.92 Å². The highest BCUT2D eigenvalue weighted by Gasteiger charge is 2.33. The molecule has 1 amide bonds. The van der Waals surface area contributed by atoms with Gasteiger partial charge >= 0.3 is 6.18 Å². The number of nitrogens with zero attached hydrogens (tertiary/aromatic N) is 2. The average Bonchev–Trinajstić information content (AvgIpc) is 2.15. The molecule has 4 nitrogen and oxygen atoms in total. The Morgan fingerprint density at radius 2 is 1.81 bits per heavy atom. The summed E-state index contributed by atoms with van der Waals surface area (Å²) in [4.78, 5) is 14.0. The number of carbonyl (C=O) groups excluding carboxylic acids is 1. The Labute approximate surface area is 91.6 Å². The molecule has 1 N–H and O–H groups in total. The molecule has 1 saturated heterocycles. The third kappa shape index (κ3) is 3.97. The van der Waals surface area contributed by atoms with Crippen LogP contribution >= 0.6 is 0 Å². The number of piperazine rings is 1. The maximum Gasteiger partial charge on any atom is 0.401 e. The molecule has 0 aliphatic carbocycles. The van der Waals surface area contributed by atoms with Crippen molar-refractivity contribution in [1.82, 2.24) is 9.80 Å². The third-order valence-electron chi connectivity index (χ3n) is 2.44. The fourth-order valence-corrected chi connectivity index (χ4v) is 1.64. The fraction of sp³-hybridized carbons (Fsp3) is 0.889. The molecule has 94 valence electrons. The summed E-state index contributed by atoms with van der Waals surface area (Å²) in [6, 6.07) is 0. The summed E-state index contributed by atoms with van der Waals surface area (Å²) in [5, 5.41) is 9.04. The van der Waals surface area contributed by atoms with E-state index in [1.165, 1.54) is 16.7 Å². The van der Waals surface area contributed by atoms with Gasteiger partial charge in [0.05, 0.1) is 6.54 Å². The number of amides is 1. The first-order valence-corrected chi connectivity index (χ1v) is 5.05. The molecule has 0 radical (unpaired) electrons. The number of hydrogen-bond acceptors (Lipinski definition) is 3. The van der Waals surface area contributed by atoms with E-state index in [2.05, 4.69) is 0 Å². The first-order valence-electron chi connectivity index (χ1n) is 5.05. The minimum Gasteiger partial charge on any atom is -0.384 e. The minimum absolute atomic E-state index is 0.192. The number of aliphatic hydroxyl groups excluding tert-OH is 1. The summed E-state index contributed by atoms with van der Waals surface area (Å²) in [5.41, 5.74) is 0. The summed E-state index contributed by atoms with van der Waals surface area (Å²) < 4.78 is 36.2. The number of alkyl halides is 3. The fourth-order valence-electron chi connectivity index (χ4n) is 1.64. The largest absolute Gasteiger partial charge is 0.401 e. The van der Waals surface area contributed by atoms with Crippen LogP contribution in [0.2, 0.25) is 0 Å². The van der Waals surface area contributed by atoms with Gasteiger partial charge in [0.1, 0.15) is 6.10 Å².